The fraction of sp³-hybridized carbons (Fsp3) is 0.250. The SMILES string of the molecule is COc1cc(NC(=O)c2cnc3c(c2)c(C)nn3C)cnc1OC. The molecule has 0 unspecified atom stereocenters. The molecule has 0 spiro atoms. The van der Waals surface area contributed by atoms with E-state index in [0.717, 1.165) is 16.7 Å². The predicted molar refractivity (Wildman–Crippen MR) is 88.5 cm³/mol. The van der Waals surface area contributed by atoms with E-state index < -0.39 is 0 Å². The minimum atomic E-state index is -0.290. The second kappa shape index (κ2) is 6.15. The summed E-state index contributed by atoms with van der Waals surface area (Å²) in [6, 6.07) is 3.42. The normalized spacial score (nSPS) is 10.7. The van der Waals surface area contributed by atoms with Crippen LogP contribution in [0.5, 0.6) is 11.6 Å². The molecular formula is C16H17N5O3. The summed E-state index contributed by atoms with van der Waals surface area (Å²) in [4.78, 5) is 20.8. The highest BCUT2D eigenvalue weighted by Gasteiger charge is 2.13. The van der Waals surface area contributed by atoms with Crippen molar-refractivity contribution < 1.29 is 14.3 Å². The number of rotatable bonds is 4. The molecule has 0 aliphatic carbocycles. The fourth-order valence-electron chi connectivity index (χ4n) is 2.44. The molecule has 0 fully saturated rings. The van der Waals surface area contributed by atoms with E-state index in [0.29, 0.717) is 22.9 Å². The highest BCUT2D eigenvalue weighted by molar-refractivity contribution is 6.05. The molecular weight excluding hydrogens is 310 g/mol. The Balaban J connectivity index is 1.88. The lowest BCUT2D eigenvalue weighted by molar-refractivity contribution is 0.102. The highest BCUT2D eigenvalue weighted by atomic mass is 16.5. The molecule has 8 nitrogen and oxygen atoms in total. The number of carbonyl (C=O) groups excluding carboxylic acids is 1. The fourth-order valence-corrected chi connectivity index (χ4v) is 2.44. The van der Waals surface area contributed by atoms with Crippen LogP contribution in [0.3, 0.4) is 0 Å². The first-order chi connectivity index (χ1) is 11.5. The summed E-state index contributed by atoms with van der Waals surface area (Å²) in [5, 5.41) is 7.91. The number of pyridine rings is 2. The van der Waals surface area contributed by atoms with Gasteiger partial charge in [-0.15, -0.1) is 0 Å². The third-order valence-electron chi connectivity index (χ3n) is 3.61. The van der Waals surface area contributed by atoms with Gasteiger partial charge in [0.05, 0.1) is 37.4 Å². The minimum absolute atomic E-state index is 0.290. The van der Waals surface area contributed by atoms with Crippen LogP contribution in [0, 0.1) is 6.92 Å². The second-order valence-corrected chi connectivity index (χ2v) is 5.19. The maximum absolute atomic E-state index is 12.5. The van der Waals surface area contributed by atoms with E-state index in [-0.39, 0.29) is 5.91 Å². The van der Waals surface area contributed by atoms with Crippen LogP contribution in [0.2, 0.25) is 0 Å². The number of hydrogen-bond acceptors (Lipinski definition) is 6. The number of hydrogen-bond donors (Lipinski definition) is 1. The molecule has 0 aromatic carbocycles. The average Bonchev–Trinajstić information content (AvgIpc) is 2.88. The molecule has 0 aliphatic rings. The van der Waals surface area contributed by atoms with Crippen molar-refractivity contribution in [2.75, 3.05) is 19.5 Å². The van der Waals surface area contributed by atoms with Crippen molar-refractivity contribution >= 4 is 22.6 Å². The molecule has 3 aromatic rings. The van der Waals surface area contributed by atoms with Gasteiger partial charge >= 0.3 is 0 Å². The summed E-state index contributed by atoms with van der Waals surface area (Å²) in [5.41, 5.74) is 2.49. The summed E-state index contributed by atoms with van der Waals surface area (Å²) in [6.45, 7) is 1.88. The Labute approximate surface area is 138 Å². The molecule has 0 bridgehead atoms. The zero-order valence-electron chi connectivity index (χ0n) is 13.8. The number of ether oxygens (including phenoxy) is 2. The van der Waals surface area contributed by atoms with Crippen molar-refractivity contribution in [1.82, 2.24) is 19.7 Å². The number of fused-ring (bicyclic) bond motifs is 1. The minimum Gasteiger partial charge on any atom is -0.491 e. The second-order valence-electron chi connectivity index (χ2n) is 5.19. The van der Waals surface area contributed by atoms with Crippen molar-refractivity contribution in [3.05, 3.63) is 35.8 Å². The van der Waals surface area contributed by atoms with Crippen LogP contribution in [0.15, 0.2) is 24.5 Å². The van der Waals surface area contributed by atoms with E-state index in [4.69, 9.17) is 9.47 Å². The molecule has 0 aliphatic heterocycles. The Morgan fingerprint density at radius 2 is 1.96 bits per heavy atom. The van der Waals surface area contributed by atoms with Gasteiger partial charge in [-0.25, -0.2) is 9.97 Å². The zero-order chi connectivity index (χ0) is 17.3. The lowest BCUT2D eigenvalue weighted by atomic mass is 10.2. The number of carbonyl (C=O) groups is 1. The van der Waals surface area contributed by atoms with Crippen LogP contribution >= 0.6 is 0 Å². The molecule has 1 N–H and O–H groups in total. The van der Waals surface area contributed by atoms with Gasteiger partial charge in [0.2, 0.25) is 0 Å². The number of amides is 1. The van der Waals surface area contributed by atoms with Crippen molar-refractivity contribution in [1.29, 1.82) is 0 Å². The molecule has 0 saturated carbocycles. The van der Waals surface area contributed by atoms with E-state index in [9.17, 15) is 4.79 Å². The molecule has 1 amide bonds. The quantitative estimate of drug-likeness (QED) is 0.787. The largest absolute Gasteiger partial charge is 0.491 e. The van der Waals surface area contributed by atoms with Gasteiger partial charge in [0.15, 0.2) is 11.4 Å². The Morgan fingerprint density at radius 1 is 1.17 bits per heavy atom. The lowest BCUT2D eigenvalue weighted by Gasteiger charge is -2.09. The third kappa shape index (κ3) is 2.73. The lowest BCUT2D eigenvalue weighted by Crippen LogP contribution is -2.12. The van der Waals surface area contributed by atoms with Gasteiger partial charge in [-0.1, -0.05) is 0 Å². The van der Waals surface area contributed by atoms with Crippen molar-refractivity contribution in [2.24, 2.45) is 7.05 Å². The topological polar surface area (TPSA) is 91.2 Å². The Kier molecular flexibility index (Phi) is 4.03. The van der Waals surface area contributed by atoms with Gasteiger partial charge in [-0.2, -0.15) is 5.10 Å². The summed E-state index contributed by atoms with van der Waals surface area (Å²) < 4.78 is 11.9. The monoisotopic (exact) mass is 327 g/mol. The first kappa shape index (κ1) is 15.7. The van der Waals surface area contributed by atoms with Gasteiger partial charge < -0.3 is 14.8 Å². The van der Waals surface area contributed by atoms with Crippen molar-refractivity contribution in [2.45, 2.75) is 6.92 Å². The van der Waals surface area contributed by atoms with Gasteiger partial charge in [0.1, 0.15) is 0 Å². The molecule has 24 heavy (non-hydrogen) atoms. The van der Waals surface area contributed by atoms with E-state index in [1.807, 2.05) is 14.0 Å². The number of nitrogens with one attached hydrogen (secondary N) is 1. The summed E-state index contributed by atoms with van der Waals surface area (Å²) in [5.74, 6) is 0.498. The van der Waals surface area contributed by atoms with Gasteiger partial charge in [-0.3, -0.25) is 9.48 Å². The smallest absolute Gasteiger partial charge is 0.257 e. The molecule has 0 saturated heterocycles. The summed E-state index contributed by atoms with van der Waals surface area (Å²) in [7, 11) is 4.83. The Morgan fingerprint density at radius 3 is 2.67 bits per heavy atom. The van der Waals surface area contributed by atoms with Gasteiger partial charge in [0.25, 0.3) is 11.8 Å². The number of anilines is 1. The standard InChI is InChI=1S/C16H17N5O3/c1-9-12-5-10(7-17-14(12)21(2)20-9)15(22)19-11-6-13(23-3)16(24-4)18-8-11/h5-8H,1-4H3,(H,19,22). The number of methoxy groups -OCH3 is 2. The predicted octanol–water partition coefficient (Wildman–Crippen LogP) is 1.94. The summed E-state index contributed by atoms with van der Waals surface area (Å²) >= 11 is 0. The van der Waals surface area contributed by atoms with Crippen LogP contribution < -0.4 is 14.8 Å². The first-order valence-electron chi connectivity index (χ1n) is 7.22. The number of nitrogens with zero attached hydrogens (tertiary/aromatic N) is 4. The molecule has 0 atom stereocenters. The maximum Gasteiger partial charge on any atom is 0.257 e. The van der Waals surface area contributed by atoms with Crippen molar-refractivity contribution in [3.63, 3.8) is 0 Å². The molecule has 3 heterocycles. The highest BCUT2D eigenvalue weighted by Crippen LogP contribution is 2.27. The van der Waals surface area contributed by atoms with Crippen LogP contribution in [0.1, 0.15) is 16.1 Å². The number of aromatic nitrogens is 4. The third-order valence-corrected chi connectivity index (χ3v) is 3.61. The first-order valence-corrected chi connectivity index (χ1v) is 7.22. The molecule has 124 valence electrons. The molecule has 3 rings (SSSR count). The average molecular weight is 327 g/mol. The maximum atomic E-state index is 12.5. The van der Waals surface area contributed by atoms with E-state index in [2.05, 4.69) is 20.4 Å². The van der Waals surface area contributed by atoms with Crippen LogP contribution in [0.25, 0.3) is 11.0 Å². The van der Waals surface area contributed by atoms with E-state index in [1.54, 1.807) is 16.8 Å². The van der Waals surface area contributed by atoms with E-state index >= 15 is 0 Å². The molecule has 0 radical (unpaired) electrons. The number of aryl methyl sites for hydroxylation is 2. The van der Waals surface area contributed by atoms with Crippen LogP contribution in [-0.2, 0) is 7.05 Å². The van der Waals surface area contributed by atoms with E-state index in [1.165, 1.54) is 26.6 Å². The molecule has 3 aromatic heterocycles. The summed E-state index contributed by atoms with van der Waals surface area (Å²) in [6.07, 6.45) is 3.02. The Bertz CT molecular complexity index is 919. The molecule has 8 heteroatoms. The van der Waals surface area contributed by atoms with Gasteiger partial charge in [0, 0.05) is 24.7 Å². The van der Waals surface area contributed by atoms with Gasteiger partial charge in [-0.05, 0) is 13.0 Å². The Hall–Kier alpha value is -3.16. The zero-order valence-corrected chi connectivity index (χ0v) is 13.8. The van der Waals surface area contributed by atoms with Crippen LogP contribution in [0.4, 0.5) is 5.69 Å². The van der Waals surface area contributed by atoms with Crippen LogP contribution in [-0.4, -0.2) is 39.9 Å². The van der Waals surface area contributed by atoms with Crippen molar-refractivity contribution in [3.8, 4) is 11.6 Å².